The first-order valence-corrected chi connectivity index (χ1v) is 6.71. The molecule has 2 aromatic rings. The van der Waals surface area contributed by atoms with Gasteiger partial charge in [-0.2, -0.15) is 0 Å². The van der Waals surface area contributed by atoms with Crippen molar-refractivity contribution in [2.45, 2.75) is 13.5 Å². The highest BCUT2D eigenvalue weighted by Gasteiger charge is 2.00. The Bertz CT molecular complexity index is 658. The molecule has 2 rings (SSSR count). The second-order valence-corrected chi connectivity index (χ2v) is 4.47. The second kappa shape index (κ2) is 7.28. The van der Waals surface area contributed by atoms with Crippen molar-refractivity contribution in [2.24, 2.45) is 0 Å². The zero-order valence-corrected chi connectivity index (χ0v) is 11.8. The van der Waals surface area contributed by atoms with Crippen LogP contribution in [0.25, 0.3) is 0 Å². The molecule has 0 amide bonds. The molecular weight excluding hydrogens is 264 g/mol. The molecule has 21 heavy (non-hydrogen) atoms. The Balaban J connectivity index is 2.06. The highest BCUT2D eigenvalue weighted by Crippen LogP contribution is 2.06. The first-order valence-electron chi connectivity index (χ1n) is 6.71. The standard InChI is InChI=1S/C18H16O3/c1-2-21-13-16-7-5-14(6-8-16)3-4-15-9-11-17(12-10-15)18(19)20/h5-12H,2,13H2,1H3,(H,19,20). The molecule has 0 spiro atoms. The quantitative estimate of drug-likeness (QED) is 0.874. The third-order valence-corrected chi connectivity index (χ3v) is 2.91. The Morgan fingerprint density at radius 2 is 1.52 bits per heavy atom. The molecule has 0 radical (unpaired) electrons. The minimum atomic E-state index is -0.931. The lowest BCUT2D eigenvalue weighted by Crippen LogP contribution is -1.94. The number of carboxylic acid groups (broad SMARTS) is 1. The molecule has 3 heteroatoms. The molecule has 0 fully saturated rings. The zero-order chi connectivity index (χ0) is 15.1. The molecule has 3 nitrogen and oxygen atoms in total. The number of carboxylic acids is 1. The lowest BCUT2D eigenvalue weighted by atomic mass is 10.1. The summed E-state index contributed by atoms with van der Waals surface area (Å²) in [5, 5.41) is 8.82. The summed E-state index contributed by atoms with van der Waals surface area (Å²) in [4.78, 5) is 10.8. The normalized spacial score (nSPS) is 9.76. The maximum atomic E-state index is 10.8. The summed E-state index contributed by atoms with van der Waals surface area (Å²) >= 11 is 0. The molecule has 106 valence electrons. The topological polar surface area (TPSA) is 46.5 Å². The summed E-state index contributed by atoms with van der Waals surface area (Å²) in [6.45, 7) is 3.28. The zero-order valence-electron chi connectivity index (χ0n) is 11.8. The summed E-state index contributed by atoms with van der Waals surface area (Å²) in [5.74, 6) is 5.14. The Labute approximate surface area is 124 Å². The molecule has 0 saturated heterocycles. The van der Waals surface area contributed by atoms with Crippen LogP contribution in [0.1, 0.15) is 34.0 Å². The van der Waals surface area contributed by atoms with E-state index in [2.05, 4.69) is 11.8 Å². The molecule has 0 heterocycles. The Morgan fingerprint density at radius 1 is 1.00 bits per heavy atom. The average Bonchev–Trinajstić information content (AvgIpc) is 2.52. The molecular formula is C18H16O3. The van der Waals surface area contributed by atoms with Gasteiger partial charge >= 0.3 is 5.97 Å². The maximum Gasteiger partial charge on any atom is 0.335 e. The van der Waals surface area contributed by atoms with Crippen LogP contribution in [0.3, 0.4) is 0 Å². The van der Waals surface area contributed by atoms with Gasteiger partial charge in [0.1, 0.15) is 0 Å². The number of hydrogen-bond acceptors (Lipinski definition) is 2. The van der Waals surface area contributed by atoms with Gasteiger partial charge in [0.2, 0.25) is 0 Å². The van der Waals surface area contributed by atoms with Crippen molar-refractivity contribution in [3.8, 4) is 11.8 Å². The van der Waals surface area contributed by atoms with Gasteiger partial charge in [-0.1, -0.05) is 24.0 Å². The van der Waals surface area contributed by atoms with Crippen molar-refractivity contribution >= 4 is 5.97 Å². The third kappa shape index (κ3) is 4.48. The van der Waals surface area contributed by atoms with Gasteiger partial charge in [-0.15, -0.1) is 0 Å². The minimum Gasteiger partial charge on any atom is -0.478 e. The van der Waals surface area contributed by atoms with E-state index >= 15 is 0 Å². The van der Waals surface area contributed by atoms with Gasteiger partial charge in [0.15, 0.2) is 0 Å². The first-order chi connectivity index (χ1) is 10.2. The SMILES string of the molecule is CCOCc1ccc(C#Cc2ccc(C(=O)O)cc2)cc1. The number of aromatic carboxylic acids is 1. The number of hydrogen-bond donors (Lipinski definition) is 1. The van der Waals surface area contributed by atoms with Crippen molar-refractivity contribution in [1.29, 1.82) is 0 Å². The average molecular weight is 280 g/mol. The van der Waals surface area contributed by atoms with E-state index in [0.717, 1.165) is 16.7 Å². The van der Waals surface area contributed by atoms with Gasteiger partial charge in [0.25, 0.3) is 0 Å². The van der Waals surface area contributed by atoms with Crippen LogP contribution in [0.4, 0.5) is 0 Å². The van der Waals surface area contributed by atoms with Gasteiger partial charge in [0.05, 0.1) is 12.2 Å². The summed E-state index contributed by atoms with van der Waals surface area (Å²) in [6.07, 6.45) is 0. The van der Waals surface area contributed by atoms with E-state index in [4.69, 9.17) is 9.84 Å². The lowest BCUT2D eigenvalue weighted by Gasteiger charge is -2.00. The highest BCUT2D eigenvalue weighted by atomic mass is 16.5. The van der Waals surface area contributed by atoms with Crippen LogP contribution in [-0.4, -0.2) is 17.7 Å². The lowest BCUT2D eigenvalue weighted by molar-refractivity contribution is 0.0697. The Morgan fingerprint density at radius 3 is 2.00 bits per heavy atom. The number of carbonyl (C=O) groups is 1. The molecule has 2 aromatic carbocycles. The van der Waals surface area contributed by atoms with Crippen LogP contribution in [0.2, 0.25) is 0 Å². The van der Waals surface area contributed by atoms with Crippen molar-refractivity contribution in [3.63, 3.8) is 0 Å². The van der Waals surface area contributed by atoms with Gasteiger partial charge in [0, 0.05) is 17.7 Å². The van der Waals surface area contributed by atoms with Gasteiger partial charge in [-0.25, -0.2) is 4.79 Å². The summed E-state index contributed by atoms with van der Waals surface area (Å²) in [7, 11) is 0. The minimum absolute atomic E-state index is 0.265. The highest BCUT2D eigenvalue weighted by molar-refractivity contribution is 5.87. The summed E-state index contributed by atoms with van der Waals surface area (Å²) in [6, 6.07) is 14.4. The fourth-order valence-electron chi connectivity index (χ4n) is 1.74. The predicted molar refractivity (Wildman–Crippen MR) is 81.2 cm³/mol. The maximum absolute atomic E-state index is 10.8. The van der Waals surface area contributed by atoms with E-state index in [1.807, 2.05) is 31.2 Å². The molecule has 0 saturated carbocycles. The van der Waals surface area contributed by atoms with Gasteiger partial charge in [-0.05, 0) is 48.9 Å². The molecule has 0 unspecified atom stereocenters. The van der Waals surface area contributed by atoms with Crippen LogP contribution in [0.15, 0.2) is 48.5 Å². The number of rotatable bonds is 4. The fourth-order valence-corrected chi connectivity index (χ4v) is 1.74. The molecule has 0 bridgehead atoms. The first kappa shape index (κ1) is 14.8. The molecule has 0 aromatic heterocycles. The smallest absolute Gasteiger partial charge is 0.335 e. The van der Waals surface area contributed by atoms with Crippen LogP contribution in [0, 0.1) is 11.8 Å². The van der Waals surface area contributed by atoms with Crippen molar-refractivity contribution in [3.05, 3.63) is 70.8 Å². The second-order valence-electron chi connectivity index (χ2n) is 4.47. The summed E-state index contributed by atoms with van der Waals surface area (Å²) < 4.78 is 5.34. The summed E-state index contributed by atoms with van der Waals surface area (Å²) in [5.41, 5.74) is 3.09. The monoisotopic (exact) mass is 280 g/mol. The van der Waals surface area contributed by atoms with Crippen LogP contribution >= 0.6 is 0 Å². The molecule has 1 N–H and O–H groups in total. The largest absolute Gasteiger partial charge is 0.478 e. The van der Waals surface area contributed by atoms with Crippen LogP contribution in [0.5, 0.6) is 0 Å². The van der Waals surface area contributed by atoms with E-state index in [9.17, 15) is 4.79 Å². The van der Waals surface area contributed by atoms with Crippen molar-refractivity contribution in [2.75, 3.05) is 6.61 Å². The molecule has 0 aliphatic heterocycles. The third-order valence-electron chi connectivity index (χ3n) is 2.91. The number of ether oxygens (including phenoxy) is 1. The van der Waals surface area contributed by atoms with Crippen LogP contribution in [-0.2, 0) is 11.3 Å². The van der Waals surface area contributed by atoms with E-state index < -0.39 is 5.97 Å². The Kier molecular flexibility index (Phi) is 5.14. The molecule has 0 aliphatic carbocycles. The van der Waals surface area contributed by atoms with Crippen molar-refractivity contribution < 1.29 is 14.6 Å². The molecule has 0 atom stereocenters. The Hall–Kier alpha value is -2.57. The van der Waals surface area contributed by atoms with Crippen molar-refractivity contribution in [1.82, 2.24) is 0 Å². The van der Waals surface area contributed by atoms with E-state index in [1.165, 1.54) is 0 Å². The molecule has 0 aliphatic rings. The van der Waals surface area contributed by atoms with E-state index in [-0.39, 0.29) is 5.56 Å². The fraction of sp³-hybridized carbons (Fsp3) is 0.167. The predicted octanol–water partition coefficient (Wildman–Crippen LogP) is 3.32. The van der Waals surface area contributed by atoms with Gasteiger partial charge < -0.3 is 9.84 Å². The van der Waals surface area contributed by atoms with E-state index in [0.29, 0.717) is 13.2 Å². The van der Waals surface area contributed by atoms with E-state index in [1.54, 1.807) is 24.3 Å². The number of benzene rings is 2. The van der Waals surface area contributed by atoms with Gasteiger partial charge in [-0.3, -0.25) is 0 Å². The van der Waals surface area contributed by atoms with Crippen LogP contribution < -0.4 is 0 Å².